The maximum absolute atomic E-state index is 14.1. The molecule has 3 saturated carbocycles. The van der Waals surface area contributed by atoms with Gasteiger partial charge in [0.05, 0.1) is 32.0 Å². The number of ether oxygens (including phenoxy) is 8. The summed E-state index contributed by atoms with van der Waals surface area (Å²) in [6, 6.07) is 0. The normalized spacial score (nSPS) is 51.1. The van der Waals surface area contributed by atoms with Crippen molar-refractivity contribution < 1.29 is 114 Å². The molecular weight excluding hydrogens is 969 g/mol. The first-order valence-electron chi connectivity index (χ1n) is 26.1. The maximum atomic E-state index is 14.1. The van der Waals surface area contributed by atoms with Gasteiger partial charge in [0.25, 0.3) is 0 Å². The third-order valence-electron chi connectivity index (χ3n) is 18.3. The van der Waals surface area contributed by atoms with Crippen molar-refractivity contribution in [2.24, 2.45) is 46.3 Å². The van der Waals surface area contributed by atoms with Crippen LogP contribution >= 0.6 is 0 Å². The lowest BCUT2D eigenvalue weighted by Crippen LogP contribution is -2.66. The smallest absolute Gasteiger partial charge is 0.189 e. The Morgan fingerprint density at radius 3 is 1.97 bits per heavy atom. The highest BCUT2D eigenvalue weighted by atomic mass is 16.8. The van der Waals surface area contributed by atoms with Gasteiger partial charge in [0, 0.05) is 24.7 Å². The van der Waals surface area contributed by atoms with E-state index in [1.54, 1.807) is 0 Å². The van der Waals surface area contributed by atoms with Crippen LogP contribution in [0, 0.1) is 46.3 Å². The topological polar surface area (TPSA) is 371 Å². The molecule has 4 heterocycles. The van der Waals surface area contributed by atoms with Gasteiger partial charge in [-0.1, -0.05) is 39.3 Å². The molecular formula is C50H80O23. The number of fused-ring (bicyclic) bond motifs is 5. The molecule has 0 bridgehead atoms. The predicted molar refractivity (Wildman–Crippen MR) is 245 cm³/mol. The first-order valence-corrected chi connectivity index (χ1v) is 26.1. The van der Waals surface area contributed by atoms with Crippen LogP contribution in [0.15, 0.2) is 11.6 Å². The van der Waals surface area contributed by atoms with Gasteiger partial charge in [0.1, 0.15) is 97.0 Å². The summed E-state index contributed by atoms with van der Waals surface area (Å²) in [7, 11) is 0. The fraction of sp³-hybridized carbons (Fsp3) is 0.920. The lowest BCUT2D eigenvalue weighted by Gasteiger charge is -2.58. The molecule has 0 amide bonds. The van der Waals surface area contributed by atoms with Crippen LogP contribution in [0.25, 0.3) is 0 Å². The Morgan fingerprint density at radius 2 is 1.29 bits per heavy atom. The summed E-state index contributed by atoms with van der Waals surface area (Å²) in [6.07, 6.45) is -25.2. The van der Waals surface area contributed by atoms with Gasteiger partial charge in [-0.25, -0.2) is 0 Å². The molecule has 29 atom stereocenters. The number of aliphatic hydroxyl groups is 13. The second-order valence-electron chi connectivity index (χ2n) is 22.8. The van der Waals surface area contributed by atoms with E-state index in [4.69, 9.17) is 37.9 Å². The quantitative estimate of drug-likeness (QED) is 0.0685. The Bertz CT molecular complexity index is 1930. The third-order valence-corrected chi connectivity index (χ3v) is 18.3. The molecule has 23 nitrogen and oxygen atoms in total. The fourth-order valence-corrected chi connectivity index (χ4v) is 13.8. The van der Waals surface area contributed by atoms with E-state index < -0.39 is 160 Å². The number of rotatable bonds is 16. The average Bonchev–Trinajstić information content (AvgIpc) is 3.64. The zero-order valence-electron chi connectivity index (χ0n) is 42.0. The number of hydrogen-bond acceptors (Lipinski definition) is 23. The van der Waals surface area contributed by atoms with Crippen molar-refractivity contribution in [2.45, 2.75) is 222 Å². The number of ketones is 2. The molecule has 0 aromatic carbocycles. The van der Waals surface area contributed by atoms with Crippen LogP contribution in [0.4, 0.5) is 0 Å². The molecule has 0 spiro atoms. The van der Waals surface area contributed by atoms with Crippen LogP contribution in [0.1, 0.15) is 92.4 Å². The molecule has 23 heteroatoms. The van der Waals surface area contributed by atoms with E-state index in [9.17, 15) is 76.0 Å². The fourth-order valence-electron chi connectivity index (χ4n) is 13.8. The second-order valence-corrected chi connectivity index (χ2v) is 22.8. The molecule has 0 aromatic heterocycles. The molecule has 0 radical (unpaired) electrons. The molecule has 8 rings (SSSR count). The number of aliphatic hydroxyl groups excluding tert-OH is 13. The summed E-state index contributed by atoms with van der Waals surface area (Å²) in [4.78, 5) is 28.0. The van der Waals surface area contributed by atoms with E-state index >= 15 is 0 Å². The molecule has 73 heavy (non-hydrogen) atoms. The van der Waals surface area contributed by atoms with E-state index in [0.717, 1.165) is 18.4 Å². The van der Waals surface area contributed by atoms with E-state index in [1.165, 1.54) is 6.92 Å². The Morgan fingerprint density at radius 1 is 0.671 bits per heavy atom. The molecule has 4 aliphatic carbocycles. The van der Waals surface area contributed by atoms with Crippen molar-refractivity contribution in [1.29, 1.82) is 0 Å². The lowest BCUT2D eigenvalue weighted by molar-refractivity contribution is -0.397. The van der Waals surface area contributed by atoms with Gasteiger partial charge >= 0.3 is 0 Å². The van der Waals surface area contributed by atoms with Gasteiger partial charge < -0.3 is 104 Å². The molecule has 418 valence electrons. The zero-order valence-corrected chi connectivity index (χ0v) is 42.0. The van der Waals surface area contributed by atoms with Gasteiger partial charge in [-0.05, 0) is 86.4 Å². The van der Waals surface area contributed by atoms with E-state index in [1.807, 2.05) is 13.8 Å². The van der Waals surface area contributed by atoms with Gasteiger partial charge in [-0.15, -0.1) is 0 Å². The van der Waals surface area contributed by atoms with Gasteiger partial charge in [-0.3, -0.25) is 9.59 Å². The number of carbonyl (C=O) groups is 2. The largest absolute Gasteiger partial charge is 0.394 e. The van der Waals surface area contributed by atoms with Crippen molar-refractivity contribution in [3.8, 4) is 0 Å². The summed E-state index contributed by atoms with van der Waals surface area (Å²) in [6.45, 7) is 8.34. The predicted octanol–water partition coefficient (Wildman–Crippen LogP) is -3.00. The van der Waals surface area contributed by atoms with Crippen molar-refractivity contribution in [3.63, 3.8) is 0 Å². The number of hydrogen-bond donors (Lipinski definition) is 13. The summed E-state index contributed by atoms with van der Waals surface area (Å²) >= 11 is 0. The highest BCUT2D eigenvalue weighted by molar-refractivity contribution is 5.92. The van der Waals surface area contributed by atoms with Gasteiger partial charge in [0.2, 0.25) is 0 Å². The number of carbonyl (C=O) groups excluding carboxylic acids is 2. The number of allylic oxidation sites excluding steroid dienone is 1. The van der Waals surface area contributed by atoms with E-state index in [-0.39, 0.29) is 53.7 Å². The van der Waals surface area contributed by atoms with Crippen LogP contribution in [-0.4, -0.2) is 227 Å². The molecule has 1 unspecified atom stereocenters. The highest BCUT2D eigenvalue weighted by Crippen LogP contribution is 2.66. The second kappa shape index (κ2) is 22.9. The molecule has 0 aromatic rings. The Balaban J connectivity index is 0.916. The summed E-state index contributed by atoms with van der Waals surface area (Å²) in [5.41, 5.74) is 0.513. The van der Waals surface area contributed by atoms with E-state index in [2.05, 4.69) is 19.9 Å². The molecule has 13 N–H and O–H groups in total. The van der Waals surface area contributed by atoms with Gasteiger partial charge in [-0.2, -0.15) is 0 Å². The van der Waals surface area contributed by atoms with Crippen LogP contribution < -0.4 is 0 Å². The third kappa shape index (κ3) is 10.9. The minimum absolute atomic E-state index is 0.0144. The summed E-state index contributed by atoms with van der Waals surface area (Å²) in [5.74, 6) is -0.532. The Hall–Kier alpha value is -1.76. The first-order chi connectivity index (χ1) is 34.4. The van der Waals surface area contributed by atoms with Crippen molar-refractivity contribution in [1.82, 2.24) is 0 Å². The van der Waals surface area contributed by atoms with Crippen LogP contribution in [-0.2, 0) is 47.5 Å². The van der Waals surface area contributed by atoms with E-state index in [0.29, 0.717) is 38.5 Å². The first kappa shape index (κ1) is 57.4. The van der Waals surface area contributed by atoms with Crippen molar-refractivity contribution in [3.05, 3.63) is 11.6 Å². The minimum atomic E-state index is -1.99. The van der Waals surface area contributed by atoms with Gasteiger partial charge in [0.15, 0.2) is 31.5 Å². The van der Waals surface area contributed by atoms with Crippen molar-refractivity contribution in [2.75, 3.05) is 19.8 Å². The van der Waals surface area contributed by atoms with Crippen LogP contribution in [0.5, 0.6) is 0 Å². The summed E-state index contributed by atoms with van der Waals surface area (Å²) in [5, 5.41) is 136. The Kier molecular flexibility index (Phi) is 18.0. The average molecular weight is 1050 g/mol. The molecule has 7 fully saturated rings. The highest BCUT2D eigenvalue weighted by Gasteiger charge is 2.63. The number of Topliss-reactive ketones (excluding diaryl/α,β-unsaturated/α-hetero) is 2. The molecule has 8 aliphatic rings. The SMILES string of the molecule is C[C@@H](CCC(=O)[C@@H](C)[C@@H]1C(=O)C[C@H]2[C@@H]3CC=C4CC(O[C@@H]5O[C@H](CO)[C@@H](O[C@H]6O[C@@H](O)[C@H](O)[C@@H](O)[C@H]6O)[C@H](O)[C@H]5O[C@H]5O[C@@H](C)[C@H](O)[C@@H](O)[C@H]5O)CC[C@]4(C)[C@H]3CC[C@@]21C)CO[C@@H]1O[C@H](CO)[C@@H](O)[C@H](O)[C@H]1O. The van der Waals surface area contributed by atoms with Crippen LogP contribution in [0.3, 0.4) is 0 Å². The summed E-state index contributed by atoms with van der Waals surface area (Å²) < 4.78 is 46.8. The minimum Gasteiger partial charge on any atom is -0.394 e. The van der Waals surface area contributed by atoms with Crippen LogP contribution in [0.2, 0.25) is 0 Å². The zero-order chi connectivity index (χ0) is 53.2. The lowest BCUT2D eigenvalue weighted by atomic mass is 9.47. The molecule has 4 saturated heterocycles. The standard InChI is InChI=1S/C50H80O23/c1-19(18-66-45-38(61)35(58)33(56)29(16-51)69-45)6-9-27(53)20(2)31-28(54)15-26-24-8-7-22-14-23(10-12-49(22,4)25(24)11-13-50(26,31)5)68-48-43(72-46-39(62)34(57)32(55)21(3)67-46)41(64)42(30(17-52)70-48)71-47-40(63)36(59)37(60)44(65)73-47/h7,19-21,23-26,29-48,51-52,55-65H,6,8-18H2,1-5H3/t19-,20+,21-,23?,24+,25-,26-,29+,30+,31+,32-,33+,34+,35-,36+,37+,38+,39+,40+,41-,42+,43+,44+,45+,46+,47-,48+,49-,50-/m0/s1. The van der Waals surface area contributed by atoms with Crippen molar-refractivity contribution >= 4 is 11.6 Å². The monoisotopic (exact) mass is 1050 g/mol. The Labute approximate surface area is 423 Å². The molecule has 4 aliphatic heterocycles. The maximum Gasteiger partial charge on any atom is 0.189 e.